The average Bonchev–Trinajstić information content (AvgIpc) is 3.17. The zero-order valence-electron chi connectivity index (χ0n) is 18.6. The minimum Gasteiger partial charge on any atom is -0.459 e. The number of para-hydroxylation sites is 2. The van der Waals surface area contributed by atoms with Crippen molar-refractivity contribution in [1.29, 1.82) is 0 Å². The topological polar surface area (TPSA) is 65.4 Å². The van der Waals surface area contributed by atoms with Gasteiger partial charge in [-0.05, 0) is 62.9 Å². The van der Waals surface area contributed by atoms with Crippen molar-refractivity contribution in [3.8, 4) is 5.75 Å². The van der Waals surface area contributed by atoms with Gasteiger partial charge in [0.2, 0.25) is 5.95 Å². The van der Waals surface area contributed by atoms with Crippen molar-refractivity contribution in [3.05, 3.63) is 64.3 Å². The third kappa shape index (κ3) is 4.22. The van der Waals surface area contributed by atoms with Crippen molar-refractivity contribution in [1.82, 2.24) is 9.55 Å². The van der Waals surface area contributed by atoms with E-state index in [2.05, 4.69) is 10.3 Å². The number of imidazole rings is 1. The lowest BCUT2D eigenvalue weighted by atomic mass is 9.93. The van der Waals surface area contributed by atoms with Crippen LogP contribution in [0.25, 0.3) is 11.0 Å². The molecule has 1 aromatic heterocycles. The number of aromatic nitrogens is 2. The van der Waals surface area contributed by atoms with Gasteiger partial charge in [-0.25, -0.2) is 9.78 Å². The molecule has 0 bridgehead atoms. The molecule has 9 heteroatoms. The molecule has 0 saturated heterocycles. The zero-order chi connectivity index (χ0) is 23.8. The van der Waals surface area contributed by atoms with Crippen LogP contribution in [0.1, 0.15) is 50.6 Å². The van der Waals surface area contributed by atoms with E-state index < -0.39 is 18.6 Å². The van der Waals surface area contributed by atoms with Crippen LogP contribution in [0.4, 0.5) is 14.7 Å². The van der Waals surface area contributed by atoms with Crippen LogP contribution in [-0.4, -0.2) is 28.2 Å². The van der Waals surface area contributed by atoms with Crippen molar-refractivity contribution >= 4 is 34.6 Å². The molecule has 34 heavy (non-hydrogen) atoms. The van der Waals surface area contributed by atoms with Crippen LogP contribution in [0.3, 0.4) is 0 Å². The quantitative estimate of drug-likeness (QED) is 0.418. The maximum Gasteiger partial charge on any atom is 0.387 e. The number of hydrogen-bond acceptors (Lipinski definition) is 5. The Balaban J connectivity index is 1.68. The molecule has 2 heterocycles. The van der Waals surface area contributed by atoms with E-state index in [0.29, 0.717) is 33.3 Å². The molecule has 1 aliphatic heterocycles. The molecule has 3 aromatic rings. The lowest BCUT2D eigenvalue weighted by Gasteiger charge is -2.32. The van der Waals surface area contributed by atoms with Gasteiger partial charge in [-0.3, -0.25) is 4.57 Å². The van der Waals surface area contributed by atoms with E-state index >= 15 is 0 Å². The highest BCUT2D eigenvalue weighted by atomic mass is 35.5. The summed E-state index contributed by atoms with van der Waals surface area (Å²) < 4.78 is 39.2. The average molecular weight is 488 g/mol. The Morgan fingerprint density at radius 3 is 2.71 bits per heavy atom. The Labute approximate surface area is 200 Å². The highest BCUT2D eigenvalue weighted by Gasteiger charge is 2.38. The molecule has 2 aliphatic rings. The molecular weight excluding hydrogens is 464 g/mol. The number of hydrogen-bond donors (Lipinski definition) is 1. The number of carbonyl (C=O) groups excluding carboxylic acids is 1. The Morgan fingerprint density at radius 1 is 1.18 bits per heavy atom. The van der Waals surface area contributed by atoms with Crippen LogP contribution in [0, 0.1) is 0 Å². The second kappa shape index (κ2) is 9.25. The van der Waals surface area contributed by atoms with E-state index in [-0.39, 0.29) is 11.9 Å². The zero-order valence-corrected chi connectivity index (χ0v) is 19.3. The Kier molecular flexibility index (Phi) is 6.16. The number of fused-ring (bicyclic) bond motifs is 3. The number of anilines is 1. The maximum atomic E-state index is 13.6. The Bertz CT molecular complexity index is 1270. The molecule has 6 nitrogen and oxygen atoms in total. The summed E-state index contributed by atoms with van der Waals surface area (Å²) in [6, 6.07) is 11.0. The largest absolute Gasteiger partial charge is 0.459 e. The van der Waals surface area contributed by atoms with Gasteiger partial charge in [0.15, 0.2) is 0 Å². The smallest absolute Gasteiger partial charge is 0.387 e. The standard InChI is InChI=1S/C25H24ClF2N3O3/c1-14-21(23(32)33-16-7-3-2-4-8-16)22(17-13-15(26)11-12-20(17)34-24(27)28)31-19-10-6-5-9-18(19)30-25(31)29-14/h5-6,9-13,16,22,24H,2-4,7-8H2,1H3,(H,29,30). The minimum atomic E-state index is -3.04. The molecule has 1 aliphatic carbocycles. The van der Waals surface area contributed by atoms with Gasteiger partial charge in [0, 0.05) is 16.3 Å². The van der Waals surface area contributed by atoms with Gasteiger partial charge in [-0.1, -0.05) is 30.2 Å². The van der Waals surface area contributed by atoms with Crippen LogP contribution in [0.2, 0.25) is 5.02 Å². The first-order valence-corrected chi connectivity index (χ1v) is 11.7. The number of allylic oxidation sites excluding steroid dienone is 1. The van der Waals surface area contributed by atoms with Crippen LogP contribution in [-0.2, 0) is 9.53 Å². The Hall–Kier alpha value is -3.13. The van der Waals surface area contributed by atoms with Gasteiger partial charge in [0.05, 0.1) is 22.6 Å². The number of alkyl halides is 2. The fourth-order valence-electron chi connectivity index (χ4n) is 4.86. The summed E-state index contributed by atoms with van der Waals surface area (Å²) in [5.74, 6) is -0.0695. The predicted octanol–water partition coefficient (Wildman–Crippen LogP) is 6.46. The highest BCUT2D eigenvalue weighted by molar-refractivity contribution is 6.30. The number of esters is 1. The van der Waals surface area contributed by atoms with Gasteiger partial charge in [-0.15, -0.1) is 0 Å². The number of rotatable bonds is 5. The van der Waals surface area contributed by atoms with Crippen molar-refractivity contribution in [2.24, 2.45) is 0 Å². The SMILES string of the molecule is CC1=C(C(=O)OC2CCCCC2)C(c2cc(Cl)ccc2OC(F)F)n2c(nc3ccccc32)N1. The highest BCUT2D eigenvalue weighted by Crippen LogP contribution is 2.44. The number of nitrogens with one attached hydrogen (secondary N) is 1. The van der Waals surface area contributed by atoms with Crippen molar-refractivity contribution in [2.45, 2.75) is 57.8 Å². The second-order valence-corrected chi connectivity index (χ2v) is 9.02. The summed E-state index contributed by atoms with van der Waals surface area (Å²) in [6.07, 6.45) is 4.60. The van der Waals surface area contributed by atoms with Crippen LogP contribution in [0.5, 0.6) is 5.75 Å². The molecule has 0 radical (unpaired) electrons. The fourth-order valence-corrected chi connectivity index (χ4v) is 5.04. The van der Waals surface area contributed by atoms with Crippen molar-refractivity contribution < 1.29 is 23.0 Å². The van der Waals surface area contributed by atoms with Gasteiger partial charge in [0.25, 0.3) is 0 Å². The summed E-state index contributed by atoms with van der Waals surface area (Å²) in [6.45, 7) is -1.28. The number of carbonyl (C=O) groups is 1. The van der Waals surface area contributed by atoms with E-state index in [1.807, 2.05) is 28.8 Å². The molecule has 1 N–H and O–H groups in total. The molecule has 0 amide bonds. The normalized spacial score (nSPS) is 18.7. The molecular formula is C25H24ClF2N3O3. The first-order valence-electron chi connectivity index (χ1n) is 11.3. The van der Waals surface area contributed by atoms with Gasteiger partial charge in [0.1, 0.15) is 11.9 Å². The first kappa shape index (κ1) is 22.7. The Morgan fingerprint density at radius 2 is 1.94 bits per heavy atom. The minimum absolute atomic E-state index is 0.0641. The summed E-state index contributed by atoms with van der Waals surface area (Å²) in [5.41, 5.74) is 2.60. The van der Waals surface area contributed by atoms with Crippen LogP contribution in [0.15, 0.2) is 53.7 Å². The lowest BCUT2D eigenvalue weighted by Crippen LogP contribution is -2.31. The van der Waals surface area contributed by atoms with Gasteiger partial charge >= 0.3 is 12.6 Å². The maximum absolute atomic E-state index is 13.6. The van der Waals surface area contributed by atoms with E-state index in [4.69, 9.17) is 21.1 Å². The molecule has 1 atom stereocenters. The molecule has 0 spiro atoms. The summed E-state index contributed by atoms with van der Waals surface area (Å²) >= 11 is 6.30. The van der Waals surface area contributed by atoms with E-state index in [1.54, 1.807) is 13.0 Å². The van der Waals surface area contributed by atoms with Crippen LogP contribution >= 0.6 is 11.6 Å². The third-order valence-electron chi connectivity index (χ3n) is 6.36. The van der Waals surface area contributed by atoms with Gasteiger partial charge in [-0.2, -0.15) is 8.78 Å². The molecule has 5 rings (SSSR count). The van der Waals surface area contributed by atoms with Crippen molar-refractivity contribution in [3.63, 3.8) is 0 Å². The number of ether oxygens (including phenoxy) is 2. The van der Waals surface area contributed by atoms with Gasteiger partial charge < -0.3 is 14.8 Å². The first-order chi connectivity index (χ1) is 16.4. The summed E-state index contributed by atoms with van der Waals surface area (Å²) in [4.78, 5) is 18.2. The number of halogens is 3. The summed E-state index contributed by atoms with van der Waals surface area (Å²) in [7, 11) is 0. The molecule has 2 aromatic carbocycles. The fraction of sp³-hybridized carbons (Fsp3) is 0.360. The monoisotopic (exact) mass is 487 g/mol. The van der Waals surface area contributed by atoms with E-state index in [9.17, 15) is 13.6 Å². The van der Waals surface area contributed by atoms with E-state index in [1.165, 1.54) is 12.1 Å². The molecule has 178 valence electrons. The second-order valence-electron chi connectivity index (χ2n) is 8.59. The molecule has 1 saturated carbocycles. The van der Waals surface area contributed by atoms with Crippen molar-refractivity contribution in [2.75, 3.05) is 5.32 Å². The third-order valence-corrected chi connectivity index (χ3v) is 6.59. The lowest BCUT2D eigenvalue weighted by molar-refractivity contribution is -0.146. The van der Waals surface area contributed by atoms with Crippen LogP contribution < -0.4 is 10.1 Å². The molecule has 1 unspecified atom stereocenters. The summed E-state index contributed by atoms with van der Waals surface area (Å²) in [5, 5.41) is 3.53. The number of benzene rings is 2. The number of nitrogens with zero attached hydrogens (tertiary/aromatic N) is 2. The molecule has 1 fully saturated rings. The van der Waals surface area contributed by atoms with E-state index in [0.717, 1.165) is 37.6 Å². The predicted molar refractivity (Wildman–Crippen MR) is 125 cm³/mol.